The van der Waals surface area contributed by atoms with Gasteiger partial charge in [0.25, 0.3) is 5.91 Å². The molecule has 0 saturated carbocycles. The Morgan fingerprint density at radius 2 is 2.24 bits per heavy atom. The highest BCUT2D eigenvalue weighted by Gasteiger charge is 2.16. The molecule has 1 amide bonds. The average Bonchev–Trinajstić information content (AvgIpc) is 2.65. The van der Waals surface area contributed by atoms with Gasteiger partial charge in [-0.1, -0.05) is 0 Å². The van der Waals surface area contributed by atoms with Crippen LogP contribution in [0.5, 0.6) is 0 Å². The van der Waals surface area contributed by atoms with Crippen molar-refractivity contribution in [2.24, 2.45) is 0 Å². The molecule has 1 rings (SSSR count). The van der Waals surface area contributed by atoms with Crippen LogP contribution in [0.4, 0.5) is 5.69 Å². The fraction of sp³-hybridized carbons (Fsp3) is 0.583. The summed E-state index contributed by atoms with van der Waals surface area (Å²) in [7, 11) is 0. The molecule has 1 heterocycles. The summed E-state index contributed by atoms with van der Waals surface area (Å²) in [6.07, 6.45) is 0. The molecule has 1 aromatic heterocycles. The van der Waals surface area contributed by atoms with Crippen molar-refractivity contribution in [2.45, 2.75) is 20.8 Å². The minimum absolute atomic E-state index is 0.0389. The summed E-state index contributed by atoms with van der Waals surface area (Å²) in [5.74, 6) is 0.0389. The SMILES string of the molecule is CCOCCN(CC)C(=O)c1cc(N)c(C)s1. The molecule has 0 atom stereocenters. The molecule has 96 valence electrons. The van der Waals surface area contributed by atoms with Gasteiger partial charge in [0.1, 0.15) is 0 Å². The van der Waals surface area contributed by atoms with Crippen LogP contribution in [0.1, 0.15) is 28.4 Å². The number of carbonyl (C=O) groups excluding carboxylic acids is 1. The molecule has 0 bridgehead atoms. The molecule has 0 aromatic carbocycles. The van der Waals surface area contributed by atoms with Gasteiger partial charge in [0.2, 0.25) is 0 Å². The van der Waals surface area contributed by atoms with Crippen molar-refractivity contribution in [1.29, 1.82) is 0 Å². The first kappa shape index (κ1) is 14.0. The first-order valence-corrected chi connectivity index (χ1v) is 6.64. The number of amides is 1. The molecule has 0 radical (unpaired) electrons. The summed E-state index contributed by atoms with van der Waals surface area (Å²) in [4.78, 5) is 15.6. The Hall–Kier alpha value is -1.07. The first-order chi connectivity index (χ1) is 8.10. The summed E-state index contributed by atoms with van der Waals surface area (Å²) in [6, 6.07) is 1.76. The number of hydrogen-bond donors (Lipinski definition) is 1. The topological polar surface area (TPSA) is 55.6 Å². The van der Waals surface area contributed by atoms with Crippen LogP contribution in [0.15, 0.2) is 6.07 Å². The molecular formula is C12H20N2O2S. The lowest BCUT2D eigenvalue weighted by Gasteiger charge is -2.19. The fourth-order valence-corrected chi connectivity index (χ4v) is 2.39. The lowest BCUT2D eigenvalue weighted by Crippen LogP contribution is -2.33. The largest absolute Gasteiger partial charge is 0.398 e. The zero-order valence-corrected chi connectivity index (χ0v) is 11.5. The van der Waals surface area contributed by atoms with Crippen LogP contribution in [0.25, 0.3) is 0 Å². The van der Waals surface area contributed by atoms with Gasteiger partial charge in [-0.3, -0.25) is 4.79 Å². The molecule has 0 aliphatic carbocycles. The van der Waals surface area contributed by atoms with Crippen molar-refractivity contribution in [3.05, 3.63) is 15.8 Å². The van der Waals surface area contributed by atoms with Crippen LogP contribution in [0, 0.1) is 6.92 Å². The fourth-order valence-electron chi connectivity index (χ4n) is 1.48. The monoisotopic (exact) mass is 256 g/mol. The van der Waals surface area contributed by atoms with E-state index in [1.807, 2.05) is 20.8 Å². The third-order valence-corrected chi connectivity index (χ3v) is 3.60. The second kappa shape index (κ2) is 6.61. The predicted molar refractivity (Wildman–Crippen MR) is 71.5 cm³/mol. The number of rotatable bonds is 6. The molecule has 0 aliphatic rings. The second-order valence-corrected chi connectivity index (χ2v) is 4.96. The first-order valence-electron chi connectivity index (χ1n) is 5.83. The van der Waals surface area contributed by atoms with E-state index in [9.17, 15) is 4.79 Å². The Morgan fingerprint density at radius 1 is 1.53 bits per heavy atom. The lowest BCUT2D eigenvalue weighted by atomic mass is 10.3. The van der Waals surface area contributed by atoms with E-state index in [0.29, 0.717) is 36.9 Å². The number of aryl methyl sites for hydroxylation is 1. The van der Waals surface area contributed by atoms with Gasteiger partial charge in [0.05, 0.1) is 11.5 Å². The van der Waals surface area contributed by atoms with E-state index in [1.165, 1.54) is 11.3 Å². The number of nitrogen functional groups attached to an aromatic ring is 1. The van der Waals surface area contributed by atoms with Gasteiger partial charge in [-0.05, 0) is 26.8 Å². The summed E-state index contributed by atoms with van der Waals surface area (Å²) in [5.41, 5.74) is 6.45. The van der Waals surface area contributed by atoms with E-state index in [0.717, 1.165) is 4.88 Å². The molecule has 1 aromatic rings. The smallest absolute Gasteiger partial charge is 0.264 e. The van der Waals surface area contributed by atoms with Gasteiger partial charge in [-0.2, -0.15) is 0 Å². The number of ether oxygens (including phenoxy) is 1. The molecule has 0 aliphatic heterocycles. The Morgan fingerprint density at radius 3 is 2.71 bits per heavy atom. The molecule has 0 saturated heterocycles. The molecule has 0 spiro atoms. The number of thiophene rings is 1. The highest BCUT2D eigenvalue weighted by Crippen LogP contribution is 2.24. The van der Waals surface area contributed by atoms with Crippen molar-refractivity contribution >= 4 is 22.9 Å². The summed E-state index contributed by atoms with van der Waals surface area (Å²) >= 11 is 1.45. The van der Waals surface area contributed by atoms with Gasteiger partial charge in [0, 0.05) is 30.3 Å². The summed E-state index contributed by atoms with van der Waals surface area (Å²) < 4.78 is 5.27. The lowest BCUT2D eigenvalue weighted by molar-refractivity contribution is 0.0673. The van der Waals surface area contributed by atoms with Crippen molar-refractivity contribution in [3.63, 3.8) is 0 Å². The van der Waals surface area contributed by atoms with Crippen LogP contribution in [-0.2, 0) is 4.74 Å². The van der Waals surface area contributed by atoms with Crippen LogP contribution >= 0.6 is 11.3 Å². The van der Waals surface area contributed by atoms with Gasteiger partial charge in [0.15, 0.2) is 0 Å². The van der Waals surface area contributed by atoms with Crippen molar-refractivity contribution in [2.75, 3.05) is 32.0 Å². The molecule has 0 unspecified atom stereocenters. The Balaban J connectivity index is 2.65. The molecular weight excluding hydrogens is 236 g/mol. The Labute approximate surface area is 106 Å². The van der Waals surface area contributed by atoms with E-state index < -0.39 is 0 Å². The molecule has 4 nitrogen and oxygen atoms in total. The molecule has 2 N–H and O–H groups in total. The highest BCUT2D eigenvalue weighted by molar-refractivity contribution is 7.14. The average molecular weight is 256 g/mol. The third-order valence-electron chi connectivity index (χ3n) is 2.55. The minimum atomic E-state index is 0.0389. The van der Waals surface area contributed by atoms with Gasteiger partial charge in [-0.25, -0.2) is 0 Å². The Bertz CT molecular complexity index is 357. The van der Waals surface area contributed by atoms with Gasteiger partial charge in [-0.15, -0.1) is 11.3 Å². The predicted octanol–water partition coefficient (Wildman–Crippen LogP) is 2.14. The van der Waals surface area contributed by atoms with E-state index in [2.05, 4.69) is 0 Å². The van der Waals surface area contributed by atoms with Crippen molar-refractivity contribution in [3.8, 4) is 0 Å². The normalized spacial score (nSPS) is 10.5. The Kier molecular flexibility index (Phi) is 5.44. The maximum atomic E-state index is 12.2. The summed E-state index contributed by atoms with van der Waals surface area (Å²) in [6.45, 7) is 8.40. The zero-order chi connectivity index (χ0) is 12.8. The van der Waals surface area contributed by atoms with Crippen LogP contribution < -0.4 is 5.73 Å². The van der Waals surface area contributed by atoms with E-state index in [1.54, 1.807) is 11.0 Å². The molecule has 5 heteroatoms. The van der Waals surface area contributed by atoms with Crippen LogP contribution in [-0.4, -0.2) is 37.1 Å². The zero-order valence-electron chi connectivity index (χ0n) is 10.7. The maximum Gasteiger partial charge on any atom is 0.264 e. The van der Waals surface area contributed by atoms with Crippen molar-refractivity contribution in [1.82, 2.24) is 4.90 Å². The van der Waals surface area contributed by atoms with E-state index in [4.69, 9.17) is 10.5 Å². The van der Waals surface area contributed by atoms with E-state index in [-0.39, 0.29) is 5.91 Å². The number of anilines is 1. The van der Waals surface area contributed by atoms with E-state index >= 15 is 0 Å². The minimum Gasteiger partial charge on any atom is -0.398 e. The van der Waals surface area contributed by atoms with Gasteiger partial charge >= 0.3 is 0 Å². The number of nitrogens with two attached hydrogens (primary N) is 1. The van der Waals surface area contributed by atoms with Crippen LogP contribution in [0.2, 0.25) is 0 Å². The number of carbonyl (C=O) groups is 1. The second-order valence-electron chi connectivity index (χ2n) is 3.70. The quantitative estimate of drug-likeness (QED) is 0.793. The molecule has 0 fully saturated rings. The molecule has 17 heavy (non-hydrogen) atoms. The summed E-state index contributed by atoms with van der Waals surface area (Å²) in [5, 5.41) is 0. The third kappa shape index (κ3) is 3.71. The maximum absolute atomic E-state index is 12.2. The number of hydrogen-bond acceptors (Lipinski definition) is 4. The standard InChI is InChI=1S/C12H20N2O2S/c1-4-14(6-7-16-5-2)12(15)11-8-10(13)9(3)17-11/h8H,4-7,13H2,1-3H3. The van der Waals surface area contributed by atoms with Crippen LogP contribution in [0.3, 0.4) is 0 Å². The van der Waals surface area contributed by atoms with Crippen molar-refractivity contribution < 1.29 is 9.53 Å². The van der Waals surface area contributed by atoms with Gasteiger partial charge < -0.3 is 15.4 Å². The number of nitrogens with zero attached hydrogens (tertiary/aromatic N) is 1. The number of likely N-dealkylation sites (N-methyl/N-ethyl adjacent to an activating group) is 1. The highest BCUT2D eigenvalue weighted by atomic mass is 32.1.